The summed E-state index contributed by atoms with van der Waals surface area (Å²) < 4.78 is 151. The second kappa shape index (κ2) is 18.0. The first-order chi connectivity index (χ1) is 19.8. The van der Waals surface area contributed by atoms with Crippen molar-refractivity contribution in [1.82, 2.24) is 0 Å². The van der Waals surface area contributed by atoms with Gasteiger partial charge in [-0.05, 0) is 13.8 Å². The van der Waals surface area contributed by atoms with Gasteiger partial charge in [0.25, 0.3) is 11.2 Å². The molecule has 0 aromatic heterocycles. The quantitative estimate of drug-likeness (QED) is 0.130. The van der Waals surface area contributed by atoms with Gasteiger partial charge in [0, 0.05) is 24.3 Å². The van der Waals surface area contributed by atoms with Crippen molar-refractivity contribution >= 4 is 11.4 Å². The van der Waals surface area contributed by atoms with E-state index in [0.717, 1.165) is 11.1 Å². The molecule has 0 bridgehead atoms. The number of aliphatic imine (C=N–C) groups is 2. The van der Waals surface area contributed by atoms with Crippen molar-refractivity contribution in [2.75, 3.05) is 13.1 Å². The Labute approximate surface area is 271 Å². The third-order valence-corrected chi connectivity index (χ3v) is 5.45. The second-order valence-electron chi connectivity index (χ2n) is 9.27. The third kappa shape index (κ3) is 14.6. The van der Waals surface area contributed by atoms with Crippen LogP contribution < -0.4 is 0 Å². The van der Waals surface area contributed by atoms with Crippen molar-refractivity contribution < 1.29 is 89.1 Å². The molecule has 2 N–H and O–H groups in total. The summed E-state index contributed by atoms with van der Waals surface area (Å²) in [6.45, 7) is 7.43. The molecule has 0 amide bonds. The van der Waals surface area contributed by atoms with Crippen LogP contribution in [0.25, 0.3) is 0 Å². The van der Waals surface area contributed by atoms with Crippen molar-refractivity contribution in [3.8, 4) is 0 Å². The smallest absolute Gasteiger partial charge is 0.373 e. The van der Waals surface area contributed by atoms with E-state index in [4.69, 9.17) is 10.2 Å². The van der Waals surface area contributed by atoms with Crippen LogP contribution in [-0.2, 0) is 26.2 Å². The van der Waals surface area contributed by atoms with Gasteiger partial charge in [0.2, 0.25) is 0 Å². The second-order valence-corrected chi connectivity index (χ2v) is 9.27. The fourth-order valence-electron chi connectivity index (χ4n) is 3.01. The Kier molecular flexibility index (Phi) is 17.8. The molecular weight excluding hydrogens is 716 g/mol. The average Bonchev–Trinajstić information content (AvgIpc) is 2.85. The van der Waals surface area contributed by atoms with E-state index in [9.17, 15) is 52.7 Å². The topological polar surface area (TPSA) is 65.2 Å². The van der Waals surface area contributed by atoms with Crippen LogP contribution >= 0.6 is 0 Å². The Morgan fingerprint density at radius 1 is 0.533 bits per heavy atom. The molecule has 252 valence electrons. The Bertz CT molecular complexity index is 1060. The van der Waals surface area contributed by atoms with E-state index in [-0.39, 0.29) is 26.2 Å². The van der Waals surface area contributed by atoms with Gasteiger partial charge >= 0.3 is 50.9 Å². The number of rotatable bonds is 7. The fraction of sp³-hybridized carbons (Fsp3) is 0.429. The van der Waals surface area contributed by atoms with Crippen LogP contribution in [0.4, 0.5) is 52.7 Å². The summed E-state index contributed by atoms with van der Waals surface area (Å²) in [5.41, 5.74) is -9.74. The molecule has 0 unspecified atom stereocenters. The zero-order valence-electron chi connectivity index (χ0n) is 23.8. The van der Waals surface area contributed by atoms with E-state index >= 15 is 0 Å². The zero-order chi connectivity index (χ0) is 34.6. The minimum absolute atomic E-state index is 0. The maximum Gasteiger partial charge on any atom is 2.00 e. The number of aliphatic hydroxyl groups is 2. The summed E-state index contributed by atoms with van der Waals surface area (Å²) in [6.07, 6.45) is -28.3. The molecule has 2 rings (SSSR count). The van der Waals surface area contributed by atoms with Crippen molar-refractivity contribution in [2.45, 2.75) is 62.6 Å². The first-order valence-electron chi connectivity index (χ1n) is 12.2. The molecule has 0 aliphatic heterocycles. The van der Waals surface area contributed by atoms with Gasteiger partial charge in [-0.25, -0.2) is 0 Å². The van der Waals surface area contributed by atoms with E-state index in [1.807, 2.05) is 60.7 Å². The molecule has 0 fully saturated rings. The molecule has 17 heteroatoms. The molecule has 2 aromatic rings. The number of hydrogen-bond donors (Lipinski definition) is 2. The van der Waals surface area contributed by atoms with E-state index in [2.05, 4.69) is 23.8 Å². The first kappa shape index (κ1) is 44.6. The molecule has 0 spiro atoms. The van der Waals surface area contributed by atoms with Crippen LogP contribution in [-0.4, -0.2) is 70.6 Å². The molecule has 0 heterocycles. The van der Waals surface area contributed by atoms with Crippen LogP contribution in [0, 0.1) is 13.8 Å². The first-order valence-corrected chi connectivity index (χ1v) is 12.2. The van der Waals surface area contributed by atoms with Crippen molar-refractivity contribution in [1.29, 1.82) is 0 Å². The number of benzene rings is 2. The summed E-state index contributed by atoms with van der Waals surface area (Å²) in [5, 5.41) is 18.0. The van der Waals surface area contributed by atoms with Crippen LogP contribution in [0.2, 0.25) is 0 Å². The fourth-order valence-corrected chi connectivity index (χ4v) is 3.01. The molecule has 2 aromatic carbocycles. The number of hydrogen-bond acceptors (Lipinski definition) is 4. The molecule has 0 aliphatic carbocycles. The SMILES string of the molecule is CC(CC(O)(C(F)(F)F)C(F)(F)F)=NCCN=C(C)CC(O)(C(F)(F)F)C(F)(F)F.[CH2-]c1ccccc1.[CH2-]c1ccccc1.[Zr+2]. The van der Waals surface area contributed by atoms with Gasteiger partial charge in [0.05, 0.1) is 13.1 Å². The monoisotopic (exact) mass is 744 g/mol. The molecule has 0 saturated carbocycles. The van der Waals surface area contributed by atoms with Crippen LogP contribution in [0.1, 0.15) is 37.8 Å². The van der Waals surface area contributed by atoms with Crippen molar-refractivity contribution in [3.05, 3.63) is 85.6 Å². The molecular formula is C28H30F12N2O2Zr. The van der Waals surface area contributed by atoms with Crippen molar-refractivity contribution in [2.24, 2.45) is 9.98 Å². The maximum atomic E-state index is 12.6. The van der Waals surface area contributed by atoms with Gasteiger partial charge in [-0.3, -0.25) is 9.98 Å². The number of halogens is 12. The Balaban J connectivity index is 0. The molecule has 0 aliphatic rings. The van der Waals surface area contributed by atoms with Crippen LogP contribution in [0.3, 0.4) is 0 Å². The standard InChI is InChI=1S/C14H16F12N2O2.2C7H7.Zr/c1-7(5-9(29,11(15,16)17)12(18,19)20)27-3-4-28-8(2)6-10(30,13(21,22)23)14(24,25)26;2*1-7-5-3-2-4-6-7;/h29-30H,3-6H2,1-2H3;2*2-6H,1H2;/q;2*-1;+2. The average molecular weight is 746 g/mol. The van der Waals surface area contributed by atoms with E-state index in [0.29, 0.717) is 13.8 Å². The van der Waals surface area contributed by atoms with E-state index in [1.165, 1.54) is 0 Å². The van der Waals surface area contributed by atoms with Gasteiger partial charge < -0.3 is 10.2 Å². The zero-order valence-corrected chi connectivity index (χ0v) is 26.3. The number of nitrogens with zero attached hydrogens (tertiary/aromatic N) is 2. The van der Waals surface area contributed by atoms with Crippen LogP contribution in [0.15, 0.2) is 70.6 Å². The van der Waals surface area contributed by atoms with E-state index < -0.39 is 73.3 Å². The van der Waals surface area contributed by atoms with Gasteiger partial charge in [0.15, 0.2) is 0 Å². The van der Waals surface area contributed by atoms with Gasteiger partial charge in [-0.2, -0.15) is 102 Å². The summed E-state index contributed by atoms with van der Waals surface area (Å²) in [4.78, 5) is 6.49. The van der Waals surface area contributed by atoms with Crippen LogP contribution in [0.5, 0.6) is 0 Å². The molecule has 0 atom stereocenters. The van der Waals surface area contributed by atoms with Crippen molar-refractivity contribution in [3.63, 3.8) is 0 Å². The molecule has 4 nitrogen and oxygen atoms in total. The number of alkyl halides is 12. The molecule has 45 heavy (non-hydrogen) atoms. The third-order valence-electron chi connectivity index (χ3n) is 5.45. The predicted molar refractivity (Wildman–Crippen MR) is 141 cm³/mol. The largest absolute Gasteiger partial charge is 2.00 e. The molecule has 0 saturated heterocycles. The Morgan fingerprint density at radius 2 is 0.756 bits per heavy atom. The minimum Gasteiger partial charge on any atom is -0.373 e. The maximum absolute atomic E-state index is 12.6. The minimum atomic E-state index is -6.09. The van der Waals surface area contributed by atoms with E-state index in [1.54, 1.807) is 0 Å². The normalized spacial score (nSPS) is 13.5. The molecule has 0 radical (unpaired) electrons. The van der Waals surface area contributed by atoms with Gasteiger partial charge in [-0.1, -0.05) is 12.1 Å². The summed E-state index contributed by atoms with van der Waals surface area (Å²) in [6, 6.07) is 19.7. The summed E-state index contributed by atoms with van der Waals surface area (Å²) >= 11 is 0. The summed E-state index contributed by atoms with van der Waals surface area (Å²) in [5.74, 6) is 0. The Hall–Kier alpha value is -2.52. The van der Waals surface area contributed by atoms with Gasteiger partial charge in [-0.15, -0.1) is 24.3 Å². The summed E-state index contributed by atoms with van der Waals surface area (Å²) in [7, 11) is 0. The van der Waals surface area contributed by atoms with Gasteiger partial charge in [0.1, 0.15) is 0 Å². The Morgan fingerprint density at radius 3 is 0.911 bits per heavy atom. The predicted octanol–water partition coefficient (Wildman–Crippen LogP) is 8.13.